The predicted octanol–water partition coefficient (Wildman–Crippen LogP) is 2.59. The van der Waals surface area contributed by atoms with Crippen molar-refractivity contribution in [1.82, 2.24) is 15.1 Å². The summed E-state index contributed by atoms with van der Waals surface area (Å²) < 4.78 is 1.77. The number of nitrogens with zero attached hydrogens (tertiary/aromatic N) is 2. The second-order valence-electron chi connectivity index (χ2n) is 5.26. The highest BCUT2D eigenvalue weighted by Crippen LogP contribution is 2.14. The van der Waals surface area contributed by atoms with E-state index in [1.165, 1.54) is 0 Å². The van der Waals surface area contributed by atoms with Crippen molar-refractivity contribution in [2.75, 3.05) is 11.9 Å². The van der Waals surface area contributed by atoms with Crippen LogP contribution >= 0.6 is 0 Å². The summed E-state index contributed by atoms with van der Waals surface area (Å²) in [7, 11) is 0. The molecule has 0 fully saturated rings. The largest absolute Gasteiger partial charge is 0.326 e. The van der Waals surface area contributed by atoms with Gasteiger partial charge in [-0.15, -0.1) is 0 Å². The summed E-state index contributed by atoms with van der Waals surface area (Å²) >= 11 is 0. The first kappa shape index (κ1) is 15.3. The third kappa shape index (κ3) is 5.04. The van der Waals surface area contributed by atoms with E-state index in [0.29, 0.717) is 12.5 Å². The van der Waals surface area contributed by atoms with Crippen molar-refractivity contribution in [2.24, 2.45) is 0 Å². The quantitative estimate of drug-likeness (QED) is 0.769. The second-order valence-corrected chi connectivity index (χ2v) is 5.26. The molecule has 0 aliphatic carbocycles. The number of carbonyl (C=O) groups is 1. The van der Waals surface area contributed by atoms with Gasteiger partial charge in [-0.2, -0.15) is 5.10 Å². The van der Waals surface area contributed by atoms with Crippen LogP contribution in [0.15, 0.2) is 42.7 Å². The molecule has 1 aromatic carbocycles. The Morgan fingerprint density at radius 3 is 2.90 bits per heavy atom. The summed E-state index contributed by atoms with van der Waals surface area (Å²) in [6.45, 7) is 5.06. The number of amides is 1. The van der Waals surface area contributed by atoms with Gasteiger partial charge in [0.15, 0.2) is 0 Å². The van der Waals surface area contributed by atoms with Gasteiger partial charge in [0.2, 0.25) is 5.91 Å². The van der Waals surface area contributed by atoms with Crippen LogP contribution in [0.3, 0.4) is 0 Å². The van der Waals surface area contributed by atoms with Crippen LogP contribution in [0.5, 0.6) is 0 Å². The van der Waals surface area contributed by atoms with Crippen molar-refractivity contribution in [3.8, 4) is 5.69 Å². The number of aromatic nitrogens is 2. The lowest BCUT2D eigenvalue weighted by molar-refractivity contribution is -0.116. The van der Waals surface area contributed by atoms with Gasteiger partial charge in [0.25, 0.3) is 0 Å². The number of anilines is 1. The standard InChI is InChI=1S/C16H22N4O/c1-13(2)17-9-4-8-16(21)19-14-6-3-7-15(12-14)20-11-5-10-18-20/h3,5-7,10-13,17H,4,8-9H2,1-2H3,(H,19,21). The number of nitrogens with one attached hydrogen (secondary N) is 2. The van der Waals surface area contributed by atoms with Crippen LogP contribution in [0.2, 0.25) is 0 Å². The Morgan fingerprint density at radius 2 is 2.19 bits per heavy atom. The first-order valence-corrected chi connectivity index (χ1v) is 7.28. The molecule has 0 atom stereocenters. The van der Waals surface area contributed by atoms with Gasteiger partial charge >= 0.3 is 0 Å². The molecule has 0 radical (unpaired) electrons. The van der Waals surface area contributed by atoms with Crippen molar-refractivity contribution in [2.45, 2.75) is 32.7 Å². The van der Waals surface area contributed by atoms with Gasteiger partial charge in [-0.3, -0.25) is 4.79 Å². The summed E-state index contributed by atoms with van der Waals surface area (Å²) in [6.07, 6.45) is 4.96. The minimum absolute atomic E-state index is 0.0400. The molecule has 0 saturated heterocycles. The molecule has 5 nitrogen and oxygen atoms in total. The molecule has 0 saturated carbocycles. The first-order valence-electron chi connectivity index (χ1n) is 7.28. The van der Waals surface area contributed by atoms with Crippen LogP contribution in [-0.4, -0.2) is 28.3 Å². The monoisotopic (exact) mass is 286 g/mol. The van der Waals surface area contributed by atoms with E-state index < -0.39 is 0 Å². The molecule has 0 aliphatic rings. The van der Waals surface area contributed by atoms with Crippen LogP contribution in [0, 0.1) is 0 Å². The average Bonchev–Trinajstić information content (AvgIpc) is 2.98. The highest BCUT2D eigenvalue weighted by molar-refractivity contribution is 5.90. The summed E-state index contributed by atoms with van der Waals surface area (Å²) in [4.78, 5) is 11.9. The van der Waals surface area contributed by atoms with Gasteiger partial charge in [0.1, 0.15) is 0 Å². The number of benzene rings is 1. The Morgan fingerprint density at radius 1 is 1.33 bits per heavy atom. The van der Waals surface area contributed by atoms with Crippen LogP contribution in [0.4, 0.5) is 5.69 Å². The third-order valence-corrected chi connectivity index (χ3v) is 3.03. The average molecular weight is 286 g/mol. The molecule has 2 N–H and O–H groups in total. The van der Waals surface area contributed by atoms with E-state index in [1.54, 1.807) is 10.9 Å². The molecule has 0 bridgehead atoms. The Bertz CT molecular complexity index is 563. The normalized spacial score (nSPS) is 10.8. The number of hydrogen-bond donors (Lipinski definition) is 2. The SMILES string of the molecule is CC(C)NCCCC(=O)Nc1cccc(-n2cccn2)c1. The molecule has 2 rings (SSSR count). The highest BCUT2D eigenvalue weighted by atomic mass is 16.1. The Kier molecular flexibility index (Phi) is 5.51. The van der Waals surface area contributed by atoms with Gasteiger partial charge < -0.3 is 10.6 Å². The second kappa shape index (κ2) is 7.59. The summed E-state index contributed by atoms with van der Waals surface area (Å²) in [6, 6.07) is 9.99. The maximum Gasteiger partial charge on any atom is 0.224 e. The van der Waals surface area contributed by atoms with Gasteiger partial charge in [0, 0.05) is 30.5 Å². The molecular formula is C16H22N4O. The van der Waals surface area contributed by atoms with Crippen LogP contribution < -0.4 is 10.6 Å². The maximum atomic E-state index is 11.9. The smallest absolute Gasteiger partial charge is 0.224 e. The van der Waals surface area contributed by atoms with E-state index in [1.807, 2.05) is 36.5 Å². The third-order valence-electron chi connectivity index (χ3n) is 3.03. The molecule has 1 aromatic heterocycles. The Balaban J connectivity index is 1.85. The molecular weight excluding hydrogens is 264 g/mol. The van der Waals surface area contributed by atoms with Crippen molar-refractivity contribution < 1.29 is 4.79 Å². The summed E-state index contributed by atoms with van der Waals surface area (Å²) in [5, 5.41) is 10.4. The molecule has 1 amide bonds. The zero-order valence-corrected chi connectivity index (χ0v) is 12.5. The lowest BCUT2D eigenvalue weighted by atomic mass is 10.2. The van der Waals surface area contributed by atoms with Crippen LogP contribution in [-0.2, 0) is 4.79 Å². The lowest BCUT2D eigenvalue weighted by Gasteiger charge is -2.09. The number of rotatable bonds is 7. The van der Waals surface area contributed by atoms with Gasteiger partial charge in [-0.1, -0.05) is 19.9 Å². The Hall–Kier alpha value is -2.14. The van der Waals surface area contributed by atoms with E-state index in [4.69, 9.17) is 0 Å². The molecule has 2 aromatic rings. The van der Waals surface area contributed by atoms with E-state index in [-0.39, 0.29) is 5.91 Å². The zero-order chi connectivity index (χ0) is 15.1. The summed E-state index contributed by atoms with van der Waals surface area (Å²) in [5.41, 5.74) is 1.73. The molecule has 0 spiro atoms. The minimum Gasteiger partial charge on any atom is -0.326 e. The van der Waals surface area contributed by atoms with Gasteiger partial charge in [-0.05, 0) is 37.2 Å². The number of carbonyl (C=O) groups excluding carboxylic acids is 1. The topological polar surface area (TPSA) is 59.0 Å². The van der Waals surface area contributed by atoms with Crippen molar-refractivity contribution in [3.63, 3.8) is 0 Å². The fourth-order valence-electron chi connectivity index (χ4n) is 2.01. The fourth-order valence-corrected chi connectivity index (χ4v) is 2.01. The molecule has 5 heteroatoms. The number of hydrogen-bond acceptors (Lipinski definition) is 3. The van der Waals surface area contributed by atoms with E-state index in [2.05, 4.69) is 29.6 Å². The molecule has 0 aliphatic heterocycles. The van der Waals surface area contributed by atoms with Gasteiger partial charge in [-0.25, -0.2) is 4.68 Å². The Labute approximate surface area is 125 Å². The van der Waals surface area contributed by atoms with Crippen molar-refractivity contribution >= 4 is 11.6 Å². The fraction of sp³-hybridized carbons (Fsp3) is 0.375. The van der Waals surface area contributed by atoms with E-state index in [0.717, 1.165) is 24.3 Å². The zero-order valence-electron chi connectivity index (χ0n) is 12.5. The molecule has 112 valence electrons. The molecule has 1 heterocycles. The van der Waals surface area contributed by atoms with E-state index in [9.17, 15) is 4.79 Å². The van der Waals surface area contributed by atoms with E-state index >= 15 is 0 Å². The predicted molar refractivity (Wildman–Crippen MR) is 84.6 cm³/mol. The lowest BCUT2D eigenvalue weighted by Crippen LogP contribution is -2.24. The highest BCUT2D eigenvalue weighted by Gasteiger charge is 2.04. The maximum absolute atomic E-state index is 11.9. The molecule has 21 heavy (non-hydrogen) atoms. The van der Waals surface area contributed by atoms with Gasteiger partial charge in [0.05, 0.1) is 5.69 Å². The van der Waals surface area contributed by atoms with Crippen molar-refractivity contribution in [1.29, 1.82) is 0 Å². The summed E-state index contributed by atoms with van der Waals surface area (Å²) in [5.74, 6) is 0.0400. The van der Waals surface area contributed by atoms with Crippen LogP contribution in [0.25, 0.3) is 5.69 Å². The minimum atomic E-state index is 0.0400. The van der Waals surface area contributed by atoms with Crippen molar-refractivity contribution in [3.05, 3.63) is 42.7 Å². The molecule has 0 unspecified atom stereocenters. The van der Waals surface area contributed by atoms with Crippen LogP contribution in [0.1, 0.15) is 26.7 Å². The first-order chi connectivity index (χ1) is 10.1.